The number of likely N-dealkylation sites (N-methyl/N-ethyl adjacent to an activating group) is 1. The molecule has 5 rings (SSSR count). The Bertz CT molecular complexity index is 1370. The van der Waals surface area contributed by atoms with E-state index in [0.717, 1.165) is 35.0 Å². The normalized spacial score (nSPS) is 18.4. The van der Waals surface area contributed by atoms with Crippen molar-refractivity contribution in [1.29, 1.82) is 0 Å². The molecule has 2 N–H and O–H groups in total. The number of nitrogens with one attached hydrogen (secondary N) is 2. The number of aryl methyl sites for hydroxylation is 1. The van der Waals surface area contributed by atoms with Crippen LogP contribution in [0.2, 0.25) is 5.02 Å². The van der Waals surface area contributed by atoms with Crippen LogP contribution in [0.3, 0.4) is 0 Å². The molecule has 0 unspecified atom stereocenters. The van der Waals surface area contributed by atoms with Gasteiger partial charge in [-0.15, -0.1) is 11.3 Å². The summed E-state index contributed by atoms with van der Waals surface area (Å²) in [6.07, 6.45) is 3.49. The summed E-state index contributed by atoms with van der Waals surface area (Å²) in [4.78, 5) is 30.0. The first-order chi connectivity index (χ1) is 17.3. The predicted molar refractivity (Wildman–Crippen MR) is 148 cm³/mol. The number of thiazole rings is 1. The first-order valence-electron chi connectivity index (χ1n) is 11.9. The fraction of sp³-hybridized carbons (Fsp3) is 0.296. The second-order valence-corrected chi connectivity index (χ2v) is 10.7. The minimum atomic E-state index is -0.157. The summed E-state index contributed by atoms with van der Waals surface area (Å²) >= 11 is 8.00. The summed E-state index contributed by atoms with van der Waals surface area (Å²) < 4.78 is 0. The number of hydrogen-bond donors (Lipinski definition) is 2. The highest BCUT2D eigenvalue weighted by atomic mass is 35.5. The van der Waals surface area contributed by atoms with E-state index in [1.165, 1.54) is 11.3 Å². The van der Waals surface area contributed by atoms with Gasteiger partial charge < -0.3 is 15.2 Å². The molecule has 4 aromatic rings. The van der Waals surface area contributed by atoms with E-state index in [0.29, 0.717) is 39.7 Å². The van der Waals surface area contributed by atoms with E-state index >= 15 is 0 Å². The van der Waals surface area contributed by atoms with E-state index < -0.39 is 0 Å². The first-order valence-corrected chi connectivity index (χ1v) is 13.2. The molecule has 2 atom stereocenters. The first kappa shape index (κ1) is 24.5. The Balaban J connectivity index is 1.33. The van der Waals surface area contributed by atoms with Gasteiger partial charge in [-0.25, -0.2) is 9.97 Å². The van der Waals surface area contributed by atoms with E-state index in [4.69, 9.17) is 11.6 Å². The Labute approximate surface area is 220 Å². The maximum atomic E-state index is 13.2. The topological polar surface area (TPSA) is 77.2 Å². The molecular weight excluding hydrogens is 492 g/mol. The lowest BCUT2D eigenvalue weighted by Gasteiger charge is -2.43. The fourth-order valence-corrected chi connectivity index (χ4v) is 5.43. The van der Waals surface area contributed by atoms with Crippen molar-refractivity contribution in [3.05, 3.63) is 70.3 Å². The van der Waals surface area contributed by atoms with Crippen LogP contribution in [-0.2, 0) is 0 Å². The molecule has 7 nitrogen and oxygen atoms in total. The summed E-state index contributed by atoms with van der Waals surface area (Å²) in [7, 11) is 2.18. The van der Waals surface area contributed by atoms with Crippen LogP contribution in [0.25, 0.3) is 22.1 Å². The Morgan fingerprint density at radius 3 is 2.61 bits per heavy atom. The summed E-state index contributed by atoms with van der Waals surface area (Å²) in [5, 5.41) is 6.34. The van der Waals surface area contributed by atoms with E-state index in [-0.39, 0.29) is 5.91 Å². The Morgan fingerprint density at radius 1 is 1.14 bits per heavy atom. The molecule has 0 spiro atoms. The lowest BCUT2D eigenvalue weighted by molar-refractivity contribution is 0.102. The lowest BCUT2D eigenvalue weighted by Crippen LogP contribution is -2.55. The number of aromatic nitrogens is 3. The highest BCUT2D eigenvalue weighted by molar-refractivity contribution is 7.13. The molecule has 1 amide bonds. The van der Waals surface area contributed by atoms with Crippen molar-refractivity contribution in [2.45, 2.75) is 32.9 Å². The number of benzene rings is 2. The number of aromatic amines is 1. The van der Waals surface area contributed by atoms with Crippen LogP contribution in [0, 0.1) is 6.92 Å². The number of imidazole rings is 1. The van der Waals surface area contributed by atoms with Crippen LogP contribution in [-0.4, -0.2) is 58.0 Å². The second-order valence-electron chi connectivity index (χ2n) is 9.40. The van der Waals surface area contributed by atoms with Crippen molar-refractivity contribution >= 4 is 40.2 Å². The van der Waals surface area contributed by atoms with E-state index in [1.807, 2.05) is 30.5 Å². The van der Waals surface area contributed by atoms with Gasteiger partial charge >= 0.3 is 0 Å². The minimum absolute atomic E-state index is 0.157. The van der Waals surface area contributed by atoms with Crippen molar-refractivity contribution in [3.8, 4) is 22.1 Å². The van der Waals surface area contributed by atoms with E-state index in [2.05, 4.69) is 57.0 Å². The Kier molecular flexibility index (Phi) is 6.83. The number of halogens is 1. The van der Waals surface area contributed by atoms with Gasteiger partial charge in [0.1, 0.15) is 10.8 Å². The molecule has 0 bridgehead atoms. The number of piperazine rings is 1. The number of carbonyl (C=O) groups excluding carboxylic acids is 1. The number of nitrogens with zero attached hydrogens (tertiary/aromatic N) is 4. The molecule has 9 heteroatoms. The Morgan fingerprint density at radius 2 is 1.92 bits per heavy atom. The van der Waals surface area contributed by atoms with Crippen molar-refractivity contribution < 1.29 is 4.79 Å². The molecular formula is C27H29ClN6OS. The lowest BCUT2D eigenvalue weighted by atomic mass is 10.0. The van der Waals surface area contributed by atoms with Crippen molar-refractivity contribution in [1.82, 2.24) is 19.9 Å². The van der Waals surface area contributed by atoms with Crippen molar-refractivity contribution in [3.63, 3.8) is 0 Å². The van der Waals surface area contributed by atoms with Gasteiger partial charge in [-0.2, -0.15) is 0 Å². The van der Waals surface area contributed by atoms with E-state index in [9.17, 15) is 4.79 Å². The molecule has 2 aromatic carbocycles. The molecule has 36 heavy (non-hydrogen) atoms. The molecule has 1 aliphatic rings. The number of H-pyrrole nitrogens is 1. The van der Waals surface area contributed by atoms with Gasteiger partial charge in [0.25, 0.3) is 5.91 Å². The third-order valence-corrected chi connectivity index (χ3v) is 8.03. The largest absolute Gasteiger partial charge is 0.368 e. The van der Waals surface area contributed by atoms with Gasteiger partial charge in [-0.1, -0.05) is 11.6 Å². The summed E-state index contributed by atoms with van der Waals surface area (Å²) in [5.41, 5.74) is 4.93. The molecule has 0 radical (unpaired) electrons. The SMILES string of the molecule is Cc1cc(N2C[C@@H](C)N(C)[C@@H](C)C2)ccc1C(=O)Nc1ccc(Cl)c(-c2ncc(-c3nccs3)[nH]2)c1. The zero-order chi connectivity index (χ0) is 25.4. The van der Waals surface area contributed by atoms with Gasteiger partial charge in [0, 0.05) is 59.3 Å². The number of carbonyl (C=O) groups is 1. The number of amides is 1. The number of rotatable bonds is 5. The molecule has 3 heterocycles. The number of hydrogen-bond acceptors (Lipinski definition) is 6. The van der Waals surface area contributed by atoms with Gasteiger partial charge in [0.2, 0.25) is 0 Å². The molecule has 0 aliphatic carbocycles. The van der Waals surface area contributed by atoms with Crippen LogP contribution in [0.4, 0.5) is 11.4 Å². The minimum Gasteiger partial charge on any atom is -0.368 e. The third-order valence-electron chi connectivity index (χ3n) is 6.90. The maximum absolute atomic E-state index is 13.2. The Hall–Kier alpha value is -3.20. The van der Waals surface area contributed by atoms with Crippen LogP contribution in [0.5, 0.6) is 0 Å². The van der Waals surface area contributed by atoms with Crippen molar-refractivity contribution in [2.75, 3.05) is 30.4 Å². The monoisotopic (exact) mass is 520 g/mol. The van der Waals surface area contributed by atoms with Gasteiger partial charge in [0.05, 0.1) is 16.9 Å². The molecule has 1 saturated heterocycles. The third kappa shape index (κ3) is 4.89. The highest BCUT2D eigenvalue weighted by Crippen LogP contribution is 2.31. The predicted octanol–water partition coefficient (Wildman–Crippen LogP) is 5.94. The second kappa shape index (κ2) is 10.0. The number of anilines is 2. The molecule has 2 aromatic heterocycles. The van der Waals surface area contributed by atoms with E-state index in [1.54, 1.807) is 24.5 Å². The average Bonchev–Trinajstić information content (AvgIpc) is 3.55. The summed E-state index contributed by atoms with van der Waals surface area (Å²) in [6.45, 7) is 8.42. The zero-order valence-corrected chi connectivity index (χ0v) is 22.3. The molecule has 186 valence electrons. The molecule has 1 aliphatic heterocycles. The smallest absolute Gasteiger partial charge is 0.255 e. The zero-order valence-electron chi connectivity index (χ0n) is 20.7. The van der Waals surface area contributed by atoms with Gasteiger partial charge in [0.15, 0.2) is 0 Å². The summed E-state index contributed by atoms with van der Waals surface area (Å²) in [6, 6.07) is 12.4. The molecule has 0 saturated carbocycles. The highest BCUT2D eigenvalue weighted by Gasteiger charge is 2.27. The quantitative estimate of drug-likeness (QED) is 0.340. The van der Waals surface area contributed by atoms with Crippen LogP contribution in [0.15, 0.2) is 54.2 Å². The standard InChI is InChI=1S/C27H29ClN6OS/c1-16-11-20(34-14-17(2)33(4)18(3)15-34)6-7-21(16)26(35)31-19-5-8-23(28)22(12-19)25-30-13-24(32-25)27-29-9-10-36-27/h5-13,17-18H,14-15H2,1-4H3,(H,30,32)(H,31,35)/t17-,18+. The van der Waals surface area contributed by atoms with Crippen molar-refractivity contribution in [2.24, 2.45) is 0 Å². The average molecular weight is 521 g/mol. The maximum Gasteiger partial charge on any atom is 0.255 e. The van der Waals surface area contributed by atoms with Crippen LogP contribution < -0.4 is 10.2 Å². The van der Waals surface area contributed by atoms with Crippen LogP contribution >= 0.6 is 22.9 Å². The van der Waals surface area contributed by atoms with Crippen LogP contribution in [0.1, 0.15) is 29.8 Å². The summed E-state index contributed by atoms with van der Waals surface area (Å²) in [5.74, 6) is 0.466. The molecule has 1 fully saturated rings. The van der Waals surface area contributed by atoms with Gasteiger partial charge in [-0.05, 0) is 69.8 Å². The van der Waals surface area contributed by atoms with Gasteiger partial charge in [-0.3, -0.25) is 9.69 Å². The fourth-order valence-electron chi connectivity index (χ4n) is 4.62.